The standard InChI is InChI=1S/C19H25N3OS2/c1-14(18(17-6-5-13-25-17)22-11-3-4-12-22)20-19(24)21-15-7-9-16(23-2)10-8-15/h5-10,13-14,18H,3-4,11-12H2,1-2H3,(H2,20,21,24)/t14-,18+/m1/s1. The van der Waals surface area contributed by atoms with Gasteiger partial charge in [-0.05, 0) is 80.8 Å². The molecule has 0 amide bonds. The van der Waals surface area contributed by atoms with E-state index in [9.17, 15) is 0 Å². The smallest absolute Gasteiger partial charge is 0.171 e. The highest BCUT2D eigenvalue weighted by molar-refractivity contribution is 7.80. The molecule has 1 aromatic carbocycles. The van der Waals surface area contributed by atoms with Crippen LogP contribution in [0, 0.1) is 0 Å². The monoisotopic (exact) mass is 375 g/mol. The average Bonchev–Trinajstić information content (AvgIpc) is 3.30. The van der Waals surface area contributed by atoms with Crippen LogP contribution in [-0.4, -0.2) is 36.3 Å². The minimum absolute atomic E-state index is 0.231. The number of hydrogen-bond acceptors (Lipinski definition) is 4. The summed E-state index contributed by atoms with van der Waals surface area (Å²) in [5.74, 6) is 0.838. The predicted molar refractivity (Wildman–Crippen MR) is 110 cm³/mol. The molecule has 0 unspecified atom stereocenters. The van der Waals surface area contributed by atoms with Gasteiger partial charge in [-0.1, -0.05) is 6.07 Å². The third kappa shape index (κ3) is 4.71. The lowest BCUT2D eigenvalue weighted by molar-refractivity contribution is 0.214. The van der Waals surface area contributed by atoms with Crippen molar-refractivity contribution < 1.29 is 4.74 Å². The summed E-state index contributed by atoms with van der Waals surface area (Å²) >= 11 is 7.35. The molecule has 134 valence electrons. The molecule has 1 fully saturated rings. The van der Waals surface area contributed by atoms with Gasteiger partial charge in [0, 0.05) is 16.6 Å². The van der Waals surface area contributed by atoms with Gasteiger partial charge in [0.25, 0.3) is 0 Å². The molecule has 2 atom stereocenters. The zero-order chi connectivity index (χ0) is 17.6. The molecule has 1 aliphatic heterocycles. The topological polar surface area (TPSA) is 36.5 Å². The van der Waals surface area contributed by atoms with Gasteiger partial charge in [-0.25, -0.2) is 0 Å². The van der Waals surface area contributed by atoms with E-state index in [4.69, 9.17) is 17.0 Å². The number of thiophene rings is 1. The van der Waals surface area contributed by atoms with Gasteiger partial charge >= 0.3 is 0 Å². The second-order valence-corrected chi connectivity index (χ2v) is 7.71. The Kier molecular flexibility index (Phi) is 6.29. The van der Waals surface area contributed by atoms with Gasteiger partial charge in [-0.15, -0.1) is 11.3 Å². The number of likely N-dealkylation sites (tertiary alicyclic amines) is 1. The first kappa shape index (κ1) is 18.2. The number of hydrogen-bond donors (Lipinski definition) is 2. The third-order valence-corrected chi connectivity index (χ3v) is 5.71. The zero-order valence-corrected chi connectivity index (χ0v) is 16.3. The fraction of sp³-hybridized carbons (Fsp3) is 0.421. The molecule has 1 aromatic heterocycles. The summed E-state index contributed by atoms with van der Waals surface area (Å²) in [6.45, 7) is 4.53. The Bertz CT molecular complexity index is 666. The van der Waals surface area contributed by atoms with Gasteiger partial charge in [0.05, 0.1) is 13.2 Å². The molecule has 2 heterocycles. The van der Waals surface area contributed by atoms with Gasteiger partial charge in [0.15, 0.2) is 5.11 Å². The fourth-order valence-electron chi connectivity index (χ4n) is 3.35. The van der Waals surface area contributed by atoms with Crippen LogP contribution in [0.5, 0.6) is 5.75 Å². The van der Waals surface area contributed by atoms with Crippen molar-refractivity contribution in [2.75, 3.05) is 25.5 Å². The first-order valence-electron chi connectivity index (χ1n) is 8.66. The number of rotatable bonds is 6. The van der Waals surface area contributed by atoms with Crippen LogP contribution in [0.3, 0.4) is 0 Å². The molecule has 0 spiro atoms. The minimum atomic E-state index is 0.231. The number of thiocarbonyl (C=S) groups is 1. The average molecular weight is 376 g/mol. The van der Waals surface area contributed by atoms with Crippen LogP contribution >= 0.6 is 23.6 Å². The molecule has 0 aliphatic carbocycles. The predicted octanol–water partition coefficient (Wildman–Crippen LogP) is 4.27. The van der Waals surface area contributed by atoms with Crippen LogP contribution < -0.4 is 15.4 Å². The van der Waals surface area contributed by atoms with Gasteiger partial charge in [0.1, 0.15) is 5.75 Å². The molecule has 0 bridgehead atoms. The van der Waals surface area contributed by atoms with E-state index in [1.807, 2.05) is 35.6 Å². The molecule has 6 heteroatoms. The Morgan fingerprint density at radius 3 is 2.52 bits per heavy atom. The molecule has 0 saturated carbocycles. The van der Waals surface area contributed by atoms with Crippen molar-refractivity contribution in [2.45, 2.75) is 31.8 Å². The molecule has 1 saturated heterocycles. The number of methoxy groups -OCH3 is 1. The minimum Gasteiger partial charge on any atom is -0.497 e. The van der Waals surface area contributed by atoms with E-state index < -0.39 is 0 Å². The number of ether oxygens (including phenoxy) is 1. The Labute approximate surface area is 159 Å². The SMILES string of the molecule is COc1ccc(NC(=S)N[C@H](C)[C@@H](c2cccs2)N2CCCC2)cc1. The maximum Gasteiger partial charge on any atom is 0.171 e. The van der Waals surface area contributed by atoms with Crippen LogP contribution in [0.25, 0.3) is 0 Å². The van der Waals surface area contributed by atoms with Crippen molar-refractivity contribution in [1.29, 1.82) is 0 Å². The highest BCUT2D eigenvalue weighted by atomic mass is 32.1. The van der Waals surface area contributed by atoms with Crippen molar-refractivity contribution in [2.24, 2.45) is 0 Å². The van der Waals surface area contributed by atoms with E-state index in [0.717, 1.165) is 24.5 Å². The molecular formula is C19H25N3OS2. The van der Waals surface area contributed by atoms with Crippen LogP contribution in [0.15, 0.2) is 41.8 Å². The van der Waals surface area contributed by atoms with Crippen LogP contribution in [0.2, 0.25) is 0 Å². The van der Waals surface area contributed by atoms with E-state index in [1.165, 1.54) is 17.7 Å². The number of anilines is 1. The van der Waals surface area contributed by atoms with Crippen LogP contribution in [0.1, 0.15) is 30.7 Å². The van der Waals surface area contributed by atoms with Crippen molar-refractivity contribution >= 4 is 34.4 Å². The molecule has 4 nitrogen and oxygen atoms in total. The molecular weight excluding hydrogens is 350 g/mol. The maximum absolute atomic E-state index is 5.53. The lowest BCUT2D eigenvalue weighted by atomic mass is 10.1. The maximum atomic E-state index is 5.53. The second-order valence-electron chi connectivity index (χ2n) is 6.32. The van der Waals surface area contributed by atoms with Crippen LogP contribution in [0.4, 0.5) is 5.69 Å². The van der Waals surface area contributed by atoms with E-state index in [1.54, 1.807) is 7.11 Å². The summed E-state index contributed by atoms with van der Waals surface area (Å²) in [5, 5.41) is 9.54. The summed E-state index contributed by atoms with van der Waals surface area (Å²) in [7, 11) is 1.67. The summed E-state index contributed by atoms with van der Waals surface area (Å²) in [5.41, 5.74) is 0.958. The first-order chi connectivity index (χ1) is 12.2. The van der Waals surface area contributed by atoms with Gasteiger partial charge in [-0.3, -0.25) is 4.90 Å². The number of benzene rings is 1. The van der Waals surface area contributed by atoms with E-state index >= 15 is 0 Å². The zero-order valence-electron chi connectivity index (χ0n) is 14.7. The van der Waals surface area contributed by atoms with E-state index in [-0.39, 0.29) is 6.04 Å². The molecule has 25 heavy (non-hydrogen) atoms. The second kappa shape index (κ2) is 8.65. The largest absolute Gasteiger partial charge is 0.497 e. The molecule has 3 rings (SSSR count). The van der Waals surface area contributed by atoms with Crippen molar-refractivity contribution in [1.82, 2.24) is 10.2 Å². The normalized spacial score (nSPS) is 17.0. The van der Waals surface area contributed by atoms with E-state index in [0.29, 0.717) is 11.2 Å². The van der Waals surface area contributed by atoms with Gasteiger partial charge in [0.2, 0.25) is 0 Å². The quantitative estimate of drug-likeness (QED) is 0.738. The van der Waals surface area contributed by atoms with Crippen molar-refractivity contribution in [3.05, 3.63) is 46.7 Å². The third-order valence-electron chi connectivity index (χ3n) is 4.55. The Balaban J connectivity index is 1.63. The van der Waals surface area contributed by atoms with Gasteiger partial charge in [-0.2, -0.15) is 0 Å². The molecule has 2 N–H and O–H groups in total. The summed E-state index contributed by atoms with van der Waals surface area (Å²) in [6.07, 6.45) is 2.56. The van der Waals surface area contributed by atoms with Crippen molar-refractivity contribution in [3.63, 3.8) is 0 Å². The summed E-state index contributed by atoms with van der Waals surface area (Å²) in [4.78, 5) is 3.97. The summed E-state index contributed by atoms with van der Waals surface area (Å²) < 4.78 is 5.19. The first-order valence-corrected chi connectivity index (χ1v) is 9.95. The lowest BCUT2D eigenvalue weighted by Gasteiger charge is -2.33. The highest BCUT2D eigenvalue weighted by Crippen LogP contribution is 2.31. The van der Waals surface area contributed by atoms with Crippen molar-refractivity contribution in [3.8, 4) is 5.75 Å². The lowest BCUT2D eigenvalue weighted by Crippen LogP contribution is -2.45. The Hall–Kier alpha value is -1.63. The number of nitrogens with zero attached hydrogens (tertiary/aromatic N) is 1. The highest BCUT2D eigenvalue weighted by Gasteiger charge is 2.29. The van der Waals surface area contributed by atoms with E-state index in [2.05, 4.69) is 40.0 Å². The Morgan fingerprint density at radius 1 is 1.20 bits per heavy atom. The molecule has 0 radical (unpaired) electrons. The van der Waals surface area contributed by atoms with Gasteiger partial charge < -0.3 is 15.4 Å². The fourth-order valence-corrected chi connectivity index (χ4v) is 4.62. The summed E-state index contributed by atoms with van der Waals surface area (Å²) in [6, 6.07) is 12.7. The Morgan fingerprint density at radius 2 is 1.92 bits per heavy atom. The molecule has 1 aliphatic rings. The molecule has 2 aromatic rings. The number of nitrogens with one attached hydrogen (secondary N) is 2. The van der Waals surface area contributed by atoms with Crippen LogP contribution in [-0.2, 0) is 0 Å².